The molecule has 1 aromatic heterocycles. The third-order valence-electron chi connectivity index (χ3n) is 4.43. The van der Waals surface area contributed by atoms with Gasteiger partial charge in [-0.05, 0) is 61.7 Å². The maximum atomic E-state index is 13.2. The zero-order valence-electron chi connectivity index (χ0n) is 16.0. The van der Waals surface area contributed by atoms with Crippen molar-refractivity contribution in [3.63, 3.8) is 0 Å². The quantitative estimate of drug-likeness (QED) is 0.473. The van der Waals surface area contributed by atoms with Crippen molar-refractivity contribution >= 4 is 16.9 Å². The van der Waals surface area contributed by atoms with E-state index >= 15 is 0 Å². The second kappa shape index (κ2) is 8.25. The Kier molecular flexibility index (Phi) is 5.78. The molecule has 3 rings (SSSR count). The van der Waals surface area contributed by atoms with E-state index in [2.05, 4.69) is 0 Å². The van der Waals surface area contributed by atoms with Gasteiger partial charge in [0.05, 0.1) is 12.0 Å². The number of halogens is 1. The van der Waals surface area contributed by atoms with E-state index in [0.29, 0.717) is 34.3 Å². The number of fused-ring (bicyclic) bond motifs is 1. The van der Waals surface area contributed by atoms with Gasteiger partial charge in [0.2, 0.25) is 0 Å². The Morgan fingerprint density at radius 1 is 1.14 bits per heavy atom. The number of carbonyl (C=O) groups is 1. The van der Waals surface area contributed by atoms with Crippen LogP contribution in [0.5, 0.6) is 5.75 Å². The van der Waals surface area contributed by atoms with Crippen LogP contribution in [0.1, 0.15) is 29.2 Å². The molecule has 0 spiro atoms. The number of esters is 1. The fourth-order valence-electron chi connectivity index (χ4n) is 3.10. The van der Waals surface area contributed by atoms with Crippen molar-refractivity contribution in [3.05, 3.63) is 74.9 Å². The third kappa shape index (κ3) is 4.22. The summed E-state index contributed by atoms with van der Waals surface area (Å²) in [6, 6.07) is 9.51. The number of hydrogen-bond donors (Lipinski definition) is 0. The van der Waals surface area contributed by atoms with Crippen molar-refractivity contribution in [1.82, 2.24) is 0 Å². The van der Waals surface area contributed by atoms with Gasteiger partial charge in [-0.1, -0.05) is 12.1 Å². The predicted octanol–water partition coefficient (Wildman–Crippen LogP) is 4.08. The molecular weight excluding hydrogens is 363 g/mol. The van der Waals surface area contributed by atoms with E-state index in [1.54, 1.807) is 31.2 Å². The van der Waals surface area contributed by atoms with E-state index in [9.17, 15) is 14.0 Å². The van der Waals surface area contributed by atoms with Crippen LogP contribution in [-0.4, -0.2) is 19.2 Å². The molecule has 0 atom stereocenters. The first-order chi connectivity index (χ1) is 13.4. The van der Waals surface area contributed by atoms with Crippen LogP contribution in [-0.2, 0) is 16.0 Å². The summed E-state index contributed by atoms with van der Waals surface area (Å²) in [5.41, 5.74) is 2.73. The van der Waals surface area contributed by atoms with Crippen molar-refractivity contribution in [2.24, 2.45) is 0 Å². The van der Waals surface area contributed by atoms with Gasteiger partial charge in [-0.15, -0.1) is 0 Å². The smallest absolute Gasteiger partial charge is 0.344 e. The summed E-state index contributed by atoms with van der Waals surface area (Å²) in [7, 11) is 0. The Bertz CT molecular complexity index is 1070. The molecule has 0 amide bonds. The maximum absolute atomic E-state index is 13.2. The Balaban J connectivity index is 2.05. The fourth-order valence-corrected chi connectivity index (χ4v) is 3.10. The fraction of sp³-hybridized carbons (Fsp3) is 0.273. The van der Waals surface area contributed by atoms with Gasteiger partial charge >= 0.3 is 11.6 Å². The average molecular weight is 384 g/mol. The van der Waals surface area contributed by atoms with E-state index in [1.165, 1.54) is 12.1 Å². The van der Waals surface area contributed by atoms with E-state index in [1.807, 2.05) is 13.8 Å². The molecule has 0 N–H and O–H groups in total. The number of rotatable bonds is 6. The van der Waals surface area contributed by atoms with Gasteiger partial charge in [0.1, 0.15) is 17.1 Å². The largest absolute Gasteiger partial charge is 0.481 e. The summed E-state index contributed by atoms with van der Waals surface area (Å²) < 4.78 is 29.2. The van der Waals surface area contributed by atoms with Crippen LogP contribution >= 0.6 is 0 Å². The van der Waals surface area contributed by atoms with Crippen LogP contribution in [0.3, 0.4) is 0 Å². The first kappa shape index (κ1) is 19.6. The van der Waals surface area contributed by atoms with Gasteiger partial charge in [-0.2, -0.15) is 0 Å². The minimum absolute atomic E-state index is 0.238. The molecule has 0 radical (unpaired) electrons. The highest BCUT2D eigenvalue weighted by Crippen LogP contribution is 2.31. The molecule has 6 heteroatoms. The maximum Gasteiger partial charge on any atom is 0.344 e. The number of ether oxygens (including phenoxy) is 2. The lowest BCUT2D eigenvalue weighted by Gasteiger charge is -2.14. The zero-order valence-corrected chi connectivity index (χ0v) is 16.0. The highest BCUT2D eigenvalue weighted by atomic mass is 19.1. The lowest BCUT2D eigenvalue weighted by molar-refractivity contribution is -0.145. The zero-order chi connectivity index (χ0) is 20.3. The summed E-state index contributed by atoms with van der Waals surface area (Å²) in [4.78, 5) is 24.2. The Morgan fingerprint density at radius 2 is 1.86 bits per heavy atom. The summed E-state index contributed by atoms with van der Waals surface area (Å²) in [5.74, 6) is -0.362. The van der Waals surface area contributed by atoms with Crippen LogP contribution < -0.4 is 10.4 Å². The van der Waals surface area contributed by atoms with Crippen molar-refractivity contribution in [3.8, 4) is 5.75 Å². The highest BCUT2D eigenvalue weighted by Gasteiger charge is 2.17. The van der Waals surface area contributed by atoms with E-state index < -0.39 is 11.6 Å². The van der Waals surface area contributed by atoms with Gasteiger partial charge in [-0.25, -0.2) is 14.0 Å². The minimum Gasteiger partial charge on any atom is -0.481 e. The monoisotopic (exact) mass is 384 g/mol. The van der Waals surface area contributed by atoms with E-state index in [0.717, 1.165) is 11.1 Å². The van der Waals surface area contributed by atoms with Gasteiger partial charge < -0.3 is 13.9 Å². The summed E-state index contributed by atoms with van der Waals surface area (Å²) >= 11 is 0. The number of aryl methyl sites for hydroxylation is 2. The van der Waals surface area contributed by atoms with Gasteiger partial charge in [0, 0.05) is 12.0 Å². The topological polar surface area (TPSA) is 65.7 Å². The molecule has 146 valence electrons. The Hall–Kier alpha value is -3.15. The molecule has 5 nitrogen and oxygen atoms in total. The molecule has 0 saturated heterocycles. The van der Waals surface area contributed by atoms with Crippen LogP contribution in [0.25, 0.3) is 11.0 Å². The van der Waals surface area contributed by atoms with Crippen LogP contribution in [0.15, 0.2) is 45.6 Å². The molecule has 0 aliphatic rings. The molecule has 0 saturated carbocycles. The second-order valence-electron chi connectivity index (χ2n) is 6.53. The molecule has 0 bridgehead atoms. The molecule has 0 fully saturated rings. The summed E-state index contributed by atoms with van der Waals surface area (Å²) in [6.07, 6.45) is 0.301. The first-order valence-electron chi connectivity index (χ1n) is 8.98. The van der Waals surface area contributed by atoms with Crippen molar-refractivity contribution < 1.29 is 23.1 Å². The van der Waals surface area contributed by atoms with Gasteiger partial charge in [0.25, 0.3) is 0 Å². The lowest BCUT2D eigenvalue weighted by Crippen LogP contribution is -2.16. The highest BCUT2D eigenvalue weighted by molar-refractivity contribution is 5.88. The Labute approximate surface area is 161 Å². The normalized spacial score (nSPS) is 10.9. The summed E-state index contributed by atoms with van der Waals surface area (Å²) in [5, 5.41) is 0.631. The summed E-state index contributed by atoms with van der Waals surface area (Å²) in [6.45, 7) is 5.41. The van der Waals surface area contributed by atoms with Crippen molar-refractivity contribution in [2.45, 2.75) is 27.2 Å². The lowest BCUT2D eigenvalue weighted by atomic mass is 9.98. The van der Waals surface area contributed by atoms with Crippen LogP contribution in [0.2, 0.25) is 0 Å². The number of hydrogen-bond acceptors (Lipinski definition) is 5. The molecule has 0 unspecified atom stereocenters. The average Bonchev–Trinajstić information content (AvgIpc) is 2.64. The van der Waals surface area contributed by atoms with Gasteiger partial charge in [0.15, 0.2) is 6.61 Å². The number of benzene rings is 2. The third-order valence-corrected chi connectivity index (χ3v) is 4.43. The molecule has 0 aliphatic heterocycles. The first-order valence-corrected chi connectivity index (χ1v) is 8.98. The molecule has 1 heterocycles. The molecule has 2 aromatic carbocycles. The van der Waals surface area contributed by atoms with Crippen LogP contribution in [0.4, 0.5) is 4.39 Å². The second-order valence-corrected chi connectivity index (χ2v) is 6.53. The van der Waals surface area contributed by atoms with Gasteiger partial charge in [-0.3, -0.25) is 0 Å². The number of carbonyl (C=O) groups excluding carboxylic acids is 1. The van der Waals surface area contributed by atoms with E-state index in [-0.39, 0.29) is 19.0 Å². The van der Waals surface area contributed by atoms with Crippen LogP contribution in [0, 0.1) is 19.7 Å². The predicted molar refractivity (Wildman–Crippen MR) is 103 cm³/mol. The standard InChI is InChI=1S/C22H21FO5/c1-4-26-20(24)12-27-18-9-13(2)10-19-21(18)14(3)17(22(25)28-19)11-15-5-7-16(23)8-6-15/h5-10H,4,11-12H2,1-3H3. The molecule has 0 aliphatic carbocycles. The molecular formula is C22H21FO5. The molecule has 3 aromatic rings. The van der Waals surface area contributed by atoms with Crippen molar-refractivity contribution in [2.75, 3.05) is 13.2 Å². The van der Waals surface area contributed by atoms with E-state index in [4.69, 9.17) is 13.9 Å². The van der Waals surface area contributed by atoms with Crippen molar-refractivity contribution in [1.29, 1.82) is 0 Å². The SMILES string of the molecule is CCOC(=O)COc1cc(C)cc2oc(=O)c(Cc3ccc(F)cc3)c(C)c12. The molecule has 28 heavy (non-hydrogen) atoms. The Morgan fingerprint density at radius 3 is 2.54 bits per heavy atom. The minimum atomic E-state index is -0.473.